The molecule has 1 aromatic carbocycles. The molecule has 0 aromatic heterocycles. The van der Waals surface area contributed by atoms with Crippen LogP contribution in [0.25, 0.3) is 0 Å². The maximum atomic E-state index is 12.4. The summed E-state index contributed by atoms with van der Waals surface area (Å²) in [7, 11) is 0. The average molecular weight is 247 g/mol. The Morgan fingerprint density at radius 1 is 1.22 bits per heavy atom. The minimum Gasteiger partial charge on any atom is -0.312 e. The van der Waals surface area contributed by atoms with E-state index in [9.17, 15) is 4.79 Å². The van der Waals surface area contributed by atoms with E-state index in [-0.39, 0.29) is 11.3 Å². The second-order valence-electron chi connectivity index (χ2n) is 6.17. The van der Waals surface area contributed by atoms with Gasteiger partial charge in [-0.05, 0) is 43.4 Å². The number of rotatable bonds is 3. The van der Waals surface area contributed by atoms with Gasteiger partial charge in [-0.3, -0.25) is 4.79 Å². The summed E-state index contributed by atoms with van der Waals surface area (Å²) in [4.78, 5) is 14.3. The standard InChI is InChI=1S/C16H25NO/c1-7-17(15(18)11-16(4,5)6)14-10-12(2)8-9-13(14)3/h8-10H,7,11H2,1-6H3. The lowest BCUT2D eigenvalue weighted by atomic mass is 9.91. The van der Waals surface area contributed by atoms with E-state index < -0.39 is 0 Å². The van der Waals surface area contributed by atoms with Gasteiger partial charge in [0.1, 0.15) is 0 Å². The molecule has 0 fully saturated rings. The lowest BCUT2D eigenvalue weighted by Crippen LogP contribution is -2.33. The Bertz CT molecular complexity index is 429. The smallest absolute Gasteiger partial charge is 0.227 e. The van der Waals surface area contributed by atoms with E-state index in [1.54, 1.807) is 0 Å². The van der Waals surface area contributed by atoms with Crippen LogP contribution in [-0.4, -0.2) is 12.5 Å². The zero-order valence-corrected chi connectivity index (χ0v) is 12.5. The minimum atomic E-state index is 0.0300. The van der Waals surface area contributed by atoms with Crippen LogP contribution < -0.4 is 4.90 Å². The molecule has 18 heavy (non-hydrogen) atoms. The van der Waals surface area contributed by atoms with Gasteiger partial charge in [0.2, 0.25) is 5.91 Å². The highest BCUT2D eigenvalue weighted by molar-refractivity contribution is 5.94. The van der Waals surface area contributed by atoms with Gasteiger partial charge in [-0.15, -0.1) is 0 Å². The minimum absolute atomic E-state index is 0.0300. The Balaban J connectivity index is 3.02. The van der Waals surface area contributed by atoms with Crippen molar-refractivity contribution < 1.29 is 4.79 Å². The van der Waals surface area contributed by atoms with Crippen molar-refractivity contribution in [3.8, 4) is 0 Å². The molecule has 1 rings (SSSR count). The molecule has 1 amide bonds. The number of hydrogen-bond acceptors (Lipinski definition) is 1. The van der Waals surface area contributed by atoms with Crippen molar-refractivity contribution in [2.45, 2.75) is 48.0 Å². The van der Waals surface area contributed by atoms with Crippen LogP contribution in [0.3, 0.4) is 0 Å². The Morgan fingerprint density at radius 3 is 2.33 bits per heavy atom. The molecule has 0 aliphatic rings. The highest BCUT2D eigenvalue weighted by atomic mass is 16.2. The number of anilines is 1. The summed E-state index contributed by atoms with van der Waals surface area (Å²) in [6.45, 7) is 13.2. The lowest BCUT2D eigenvalue weighted by Gasteiger charge is -2.27. The molecule has 0 aliphatic carbocycles. The summed E-state index contributed by atoms with van der Waals surface area (Å²) in [5.74, 6) is 0.207. The third kappa shape index (κ3) is 3.86. The zero-order chi connectivity index (χ0) is 13.9. The molecule has 0 N–H and O–H groups in total. The Hall–Kier alpha value is -1.31. The molecule has 0 saturated carbocycles. The normalized spacial score (nSPS) is 11.4. The van der Waals surface area contributed by atoms with Crippen molar-refractivity contribution in [3.63, 3.8) is 0 Å². The Morgan fingerprint density at radius 2 is 1.83 bits per heavy atom. The zero-order valence-electron chi connectivity index (χ0n) is 12.5. The van der Waals surface area contributed by atoms with Gasteiger partial charge in [0.05, 0.1) is 0 Å². The molecule has 0 heterocycles. The summed E-state index contributed by atoms with van der Waals surface area (Å²) >= 11 is 0. The van der Waals surface area contributed by atoms with Gasteiger partial charge >= 0.3 is 0 Å². The predicted octanol–water partition coefficient (Wildman–Crippen LogP) is 4.09. The molecular formula is C16H25NO. The largest absolute Gasteiger partial charge is 0.312 e. The number of nitrogens with zero attached hydrogens (tertiary/aromatic N) is 1. The number of hydrogen-bond donors (Lipinski definition) is 0. The molecule has 100 valence electrons. The van der Waals surface area contributed by atoms with Gasteiger partial charge in [0.25, 0.3) is 0 Å². The van der Waals surface area contributed by atoms with Crippen LogP contribution in [0.1, 0.15) is 45.2 Å². The maximum Gasteiger partial charge on any atom is 0.227 e. The Kier molecular flexibility index (Phi) is 4.55. The predicted molar refractivity (Wildman–Crippen MR) is 78.0 cm³/mol. The second kappa shape index (κ2) is 5.55. The first-order valence-electron chi connectivity index (χ1n) is 6.62. The number of carbonyl (C=O) groups is 1. The van der Waals surface area contributed by atoms with Gasteiger partial charge in [0.15, 0.2) is 0 Å². The van der Waals surface area contributed by atoms with Gasteiger partial charge in [-0.25, -0.2) is 0 Å². The van der Waals surface area contributed by atoms with Crippen molar-refractivity contribution >= 4 is 11.6 Å². The van der Waals surface area contributed by atoms with Crippen LogP contribution in [0.5, 0.6) is 0 Å². The van der Waals surface area contributed by atoms with E-state index >= 15 is 0 Å². The lowest BCUT2D eigenvalue weighted by molar-refractivity contribution is -0.120. The fraction of sp³-hybridized carbons (Fsp3) is 0.562. The number of amides is 1. The van der Waals surface area contributed by atoms with E-state index in [2.05, 4.69) is 52.8 Å². The summed E-state index contributed by atoms with van der Waals surface area (Å²) in [5, 5.41) is 0. The molecule has 0 radical (unpaired) electrons. The van der Waals surface area contributed by atoms with Gasteiger partial charge in [0, 0.05) is 18.7 Å². The quantitative estimate of drug-likeness (QED) is 0.787. The van der Waals surface area contributed by atoms with E-state index in [4.69, 9.17) is 0 Å². The van der Waals surface area contributed by atoms with Crippen LogP contribution in [-0.2, 0) is 4.79 Å². The van der Waals surface area contributed by atoms with E-state index in [1.807, 2.05) is 11.8 Å². The van der Waals surface area contributed by atoms with E-state index in [0.717, 1.165) is 17.8 Å². The van der Waals surface area contributed by atoms with Crippen molar-refractivity contribution in [1.82, 2.24) is 0 Å². The molecule has 0 saturated heterocycles. The summed E-state index contributed by atoms with van der Waals surface area (Å²) in [6, 6.07) is 6.26. The first-order valence-corrected chi connectivity index (χ1v) is 6.62. The fourth-order valence-electron chi connectivity index (χ4n) is 2.04. The van der Waals surface area contributed by atoms with Gasteiger partial charge in [-0.2, -0.15) is 0 Å². The highest BCUT2D eigenvalue weighted by Gasteiger charge is 2.22. The molecule has 1 aromatic rings. The van der Waals surface area contributed by atoms with Gasteiger partial charge < -0.3 is 4.90 Å². The van der Waals surface area contributed by atoms with Crippen LogP contribution in [0.4, 0.5) is 5.69 Å². The summed E-state index contributed by atoms with van der Waals surface area (Å²) in [6.07, 6.45) is 0.578. The van der Waals surface area contributed by atoms with E-state index in [0.29, 0.717) is 6.42 Å². The summed E-state index contributed by atoms with van der Waals surface area (Å²) in [5.41, 5.74) is 3.43. The first kappa shape index (κ1) is 14.7. The van der Waals surface area contributed by atoms with Crippen molar-refractivity contribution in [2.75, 3.05) is 11.4 Å². The number of benzene rings is 1. The molecule has 0 aliphatic heterocycles. The maximum absolute atomic E-state index is 12.4. The molecule has 2 heteroatoms. The Labute approximate surface area is 111 Å². The number of carbonyl (C=O) groups excluding carboxylic acids is 1. The SMILES string of the molecule is CCN(C(=O)CC(C)(C)C)c1cc(C)ccc1C. The van der Waals surface area contributed by atoms with Crippen molar-refractivity contribution in [3.05, 3.63) is 29.3 Å². The van der Waals surface area contributed by atoms with Crippen LogP contribution >= 0.6 is 0 Å². The molecule has 0 atom stereocenters. The van der Waals surface area contributed by atoms with Crippen LogP contribution in [0.2, 0.25) is 0 Å². The highest BCUT2D eigenvalue weighted by Crippen LogP contribution is 2.26. The molecule has 2 nitrogen and oxygen atoms in total. The monoisotopic (exact) mass is 247 g/mol. The van der Waals surface area contributed by atoms with Gasteiger partial charge in [-0.1, -0.05) is 32.9 Å². The average Bonchev–Trinajstić information content (AvgIpc) is 2.21. The van der Waals surface area contributed by atoms with Crippen LogP contribution in [0.15, 0.2) is 18.2 Å². The fourth-order valence-corrected chi connectivity index (χ4v) is 2.04. The second-order valence-corrected chi connectivity index (χ2v) is 6.17. The third-order valence-corrected chi connectivity index (χ3v) is 2.95. The third-order valence-electron chi connectivity index (χ3n) is 2.95. The molecule has 0 unspecified atom stereocenters. The summed E-state index contributed by atoms with van der Waals surface area (Å²) < 4.78 is 0. The van der Waals surface area contributed by atoms with Crippen LogP contribution in [0, 0.1) is 19.3 Å². The molecule has 0 spiro atoms. The molecule has 0 bridgehead atoms. The van der Waals surface area contributed by atoms with Crippen molar-refractivity contribution in [1.29, 1.82) is 0 Å². The molecular weight excluding hydrogens is 222 g/mol. The van der Waals surface area contributed by atoms with E-state index in [1.165, 1.54) is 5.56 Å². The van der Waals surface area contributed by atoms with Crippen molar-refractivity contribution in [2.24, 2.45) is 5.41 Å². The topological polar surface area (TPSA) is 20.3 Å². The number of aryl methyl sites for hydroxylation is 2. The first-order chi connectivity index (χ1) is 8.24.